The van der Waals surface area contributed by atoms with Gasteiger partial charge in [0, 0.05) is 37.7 Å². The number of hydrogen-bond acceptors (Lipinski definition) is 4. The highest BCUT2D eigenvalue weighted by Gasteiger charge is 2.34. The van der Waals surface area contributed by atoms with E-state index in [1.807, 2.05) is 24.3 Å². The Hall–Kier alpha value is -1.44. The molecule has 0 spiro atoms. The van der Waals surface area contributed by atoms with E-state index in [0.717, 1.165) is 17.6 Å². The van der Waals surface area contributed by atoms with Crippen LogP contribution in [0.4, 0.5) is 0 Å². The molecule has 1 fully saturated rings. The number of rotatable bonds is 4. The number of halogens is 1. The van der Waals surface area contributed by atoms with Crippen LogP contribution in [0.2, 0.25) is 0 Å². The molecule has 0 aliphatic carbocycles. The molecule has 1 aliphatic rings. The average molecular weight is 383 g/mol. The minimum absolute atomic E-state index is 0.0438. The van der Waals surface area contributed by atoms with Gasteiger partial charge >= 0.3 is 0 Å². The van der Waals surface area contributed by atoms with Gasteiger partial charge in [0.1, 0.15) is 5.54 Å². The molecule has 0 aromatic heterocycles. The summed E-state index contributed by atoms with van der Waals surface area (Å²) in [5.74, 6) is -0.322. The molecule has 23 heavy (non-hydrogen) atoms. The monoisotopic (exact) mass is 382 g/mol. The number of nitrogens with one attached hydrogen (secondary N) is 1. The van der Waals surface area contributed by atoms with E-state index in [1.54, 1.807) is 18.9 Å². The molecule has 1 heterocycles. The van der Waals surface area contributed by atoms with Gasteiger partial charge in [-0.15, -0.1) is 0 Å². The van der Waals surface area contributed by atoms with E-state index in [1.165, 1.54) is 4.90 Å². The van der Waals surface area contributed by atoms with E-state index in [0.29, 0.717) is 18.7 Å². The molecule has 0 bridgehead atoms. The highest BCUT2D eigenvalue weighted by Crippen LogP contribution is 2.22. The number of piperazine rings is 1. The molecule has 1 aliphatic heterocycles. The molecule has 1 saturated heterocycles. The first-order valence-electron chi connectivity index (χ1n) is 7.61. The Labute approximate surface area is 145 Å². The Bertz CT molecular complexity index is 568. The number of likely N-dealkylation sites (N-methyl/N-ethyl adjacent to an activating group) is 1. The fourth-order valence-electron chi connectivity index (χ4n) is 2.61. The minimum atomic E-state index is -1.17. The predicted octanol–water partition coefficient (Wildman–Crippen LogP) is 0.513. The second-order valence-electron chi connectivity index (χ2n) is 6.00. The van der Waals surface area contributed by atoms with Gasteiger partial charge in [0.25, 0.3) is 0 Å². The van der Waals surface area contributed by atoms with Crippen molar-refractivity contribution in [3.05, 3.63) is 34.3 Å². The van der Waals surface area contributed by atoms with Crippen molar-refractivity contribution in [3.8, 4) is 0 Å². The van der Waals surface area contributed by atoms with Crippen molar-refractivity contribution in [2.24, 2.45) is 5.73 Å². The summed E-state index contributed by atoms with van der Waals surface area (Å²) in [5.41, 5.74) is 5.79. The average Bonchev–Trinajstić information content (AvgIpc) is 2.55. The Morgan fingerprint density at radius 1 is 1.30 bits per heavy atom. The number of carbonyl (C=O) groups is 2. The smallest absolute Gasteiger partial charge is 0.247 e. The molecule has 1 atom stereocenters. The van der Waals surface area contributed by atoms with Gasteiger partial charge in [0.2, 0.25) is 11.8 Å². The third-order valence-electron chi connectivity index (χ3n) is 4.08. The first-order chi connectivity index (χ1) is 10.8. The molecule has 1 unspecified atom stereocenters. The van der Waals surface area contributed by atoms with Crippen molar-refractivity contribution < 1.29 is 9.59 Å². The summed E-state index contributed by atoms with van der Waals surface area (Å²) in [6.07, 6.45) is 0. The first kappa shape index (κ1) is 17.9. The quantitative estimate of drug-likeness (QED) is 0.795. The summed E-state index contributed by atoms with van der Waals surface area (Å²) in [6.45, 7) is 4.64. The third kappa shape index (κ3) is 4.31. The number of nitrogens with two attached hydrogens (primary N) is 1. The largest absolute Gasteiger partial charge is 0.339 e. The van der Waals surface area contributed by atoms with Crippen LogP contribution < -0.4 is 11.1 Å². The number of benzene rings is 1. The van der Waals surface area contributed by atoms with E-state index in [-0.39, 0.29) is 18.4 Å². The van der Waals surface area contributed by atoms with E-state index >= 15 is 0 Å². The minimum Gasteiger partial charge on any atom is -0.339 e. The van der Waals surface area contributed by atoms with Crippen LogP contribution in [0.5, 0.6) is 0 Å². The lowest BCUT2D eigenvalue weighted by atomic mass is 9.92. The van der Waals surface area contributed by atoms with Crippen LogP contribution in [0.15, 0.2) is 28.7 Å². The lowest BCUT2D eigenvalue weighted by molar-refractivity contribution is -0.142. The molecule has 2 rings (SSSR count). The fraction of sp³-hybridized carbons (Fsp3) is 0.500. The fourth-order valence-corrected chi connectivity index (χ4v) is 2.87. The highest BCUT2D eigenvalue weighted by molar-refractivity contribution is 9.10. The standard InChI is InChI=1S/C16H23BrN4O2/c1-16(18,12-3-5-13(17)6-4-12)15(23)20(2)11-14(22)21-9-7-19-8-10-21/h3-6,19H,7-11,18H2,1-2H3. The molecule has 1 aromatic rings. The highest BCUT2D eigenvalue weighted by atomic mass is 79.9. The van der Waals surface area contributed by atoms with Crippen LogP contribution in [-0.2, 0) is 15.1 Å². The molecule has 0 radical (unpaired) electrons. The zero-order valence-corrected chi connectivity index (χ0v) is 15.1. The Kier molecular flexibility index (Phi) is 5.78. The molecule has 6 nitrogen and oxygen atoms in total. The number of carbonyl (C=O) groups excluding carboxylic acids is 2. The summed E-state index contributed by atoms with van der Waals surface area (Å²) >= 11 is 3.36. The first-order valence-corrected chi connectivity index (χ1v) is 8.40. The third-order valence-corrected chi connectivity index (χ3v) is 4.61. The van der Waals surface area contributed by atoms with Crippen LogP contribution in [0.1, 0.15) is 12.5 Å². The Morgan fingerprint density at radius 2 is 1.87 bits per heavy atom. The molecule has 0 saturated carbocycles. The molecule has 2 amide bonds. The summed E-state index contributed by atoms with van der Waals surface area (Å²) in [6, 6.07) is 7.32. The van der Waals surface area contributed by atoms with Crippen molar-refractivity contribution in [2.45, 2.75) is 12.5 Å². The van der Waals surface area contributed by atoms with Crippen molar-refractivity contribution in [2.75, 3.05) is 39.8 Å². The van der Waals surface area contributed by atoms with E-state index in [4.69, 9.17) is 5.73 Å². The van der Waals surface area contributed by atoms with E-state index in [2.05, 4.69) is 21.2 Å². The van der Waals surface area contributed by atoms with Gasteiger partial charge in [-0.05, 0) is 24.6 Å². The zero-order chi connectivity index (χ0) is 17.0. The number of hydrogen-bond donors (Lipinski definition) is 2. The number of nitrogens with zero attached hydrogens (tertiary/aromatic N) is 2. The van der Waals surface area contributed by atoms with Crippen LogP contribution in [0, 0.1) is 0 Å². The molecular formula is C16H23BrN4O2. The van der Waals surface area contributed by atoms with Gasteiger partial charge in [-0.1, -0.05) is 28.1 Å². The van der Waals surface area contributed by atoms with Gasteiger partial charge in [-0.2, -0.15) is 0 Å². The van der Waals surface area contributed by atoms with Crippen molar-refractivity contribution >= 4 is 27.7 Å². The maximum absolute atomic E-state index is 12.7. The van der Waals surface area contributed by atoms with Crippen molar-refractivity contribution in [3.63, 3.8) is 0 Å². The normalized spacial score (nSPS) is 17.5. The lowest BCUT2D eigenvalue weighted by Crippen LogP contribution is -2.54. The predicted molar refractivity (Wildman–Crippen MR) is 92.8 cm³/mol. The van der Waals surface area contributed by atoms with Gasteiger partial charge in [-0.3, -0.25) is 9.59 Å². The van der Waals surface area contributed by atoms with Gasteiger partial charge in [-0.25, -0.2) is 0 Å². The van der Waals surface area contributed by atoms with E-state index in [9.17, 15) is 9.59 Å². The molecule has 1 aromatic carbocycles. The summed E-state index contributed by atoms with van der Waals surface area (Å²) in [5, 5.41) is 3.20. The van der Waals surface area contributed by atoms with Crippen molar-refractivity contribution in [1.82, 2.24) is 15.1 Å². The zero-order valence-electron chi connectivity index (χ0n) is 13.5. The van der Waals surface area contributed by atoms with Crippen LogP contribution in [-0.4, -0.2) is 61.4 Å². The second-order valence-corrected chi connectivity index (χ2v) is 6.92. The molecule has 3 N–H and O–H groups in total. The van der Waals surface area contributed by atoms with Crippen LogP contribution in [0.3, 0.4) is 0 Å². The molecule has 7 heteroatoms. The SMILES string of the molecule is CN(CC(=O)N1CCNCC1)C(=O)C(C)(N)c1ccc(Br)cc1. The van der Waals surface area contributed by atoms with E-state index < -0.39 is 5.54 Å². The summed E-state index contributed by atoms with van der Waals surface area (Å²) < 4.78 is 0.923. The van der Waals surface area contributed by atoms with Crippen molar-refractivity contribution in [1.29, 1.82) is 0 Å². The lowest BCUT2D eigenvalue weighted by Gasteiger charge is -2.32. The maximum atomic E-state index is 12.7. The molecular weight excluding hydrogens is 360 g/mol. The van der Waals surface area contributed by atoms with Crippen LogP contribution >= 0.6 is 15.9 Å². The molecule has 126 valence electrons. The van der Waals surface area contributed by atoms with Gasteiger partial charge in [0.05, 0.1) is 6.54 Å². The second kappa shape index (κ2) is 7.42. The van der Waals surface area contributed by atoms with Gasteiger partial charge in [0.15, 0.2) is 0 Å². The topological polar surface area (TPSA) is 78.7 Å². The Balaban J connectivity index is 2.02. The summed E-state index contributed by atoms with van der Waals surface area (Å²) in [7, 11) is 1.62. The number of amides is 2. The Morgan fingerprint density at radius 3 is 2.43 bits per heavy atom. The maximum Gasteiger partial charge on any atom is 0.247 e. The van der Waals surface area contributed by atoms with Gasteiger partial charge < -0.3 is 20.9 Å². The summed E-state index contributed by atoms with van der Waals surface area (Å²) in [4.78, 5) is 28.1. The van der Waals surface area contributed by atoms with Crippen LogP contribution in [0.25, 0.3) is 0 Å².